The van der Waals surface area contributed by atoms with Gasteiger partial charge in [-0.25, -0.2) is 0 Å². The topological polar surface area (TPSA) is 85.5 Å². The second-order valence-electron chi connectivity index (χ2n) is 4.54. The highest BCUT2D eigenvalue weighted by Gasteiger charge is 2.33. The van der Waals surface area contributed by atoms with Gasteiger partial charge in [-0.1, -0.05) is 5.16 Å². The summed E-state index contributed by atoms with van der Waals surface area (Å²) in [6.45, 7) is 3.19. The minimum atomic E-state index is -0.728. The minimum absolute atomic E-state index is 0.0967. The second-order valence-corrected chi connectivity index (χ2v) is 4.54. The predicted molar refractivity (Wildman–Crippen MR) is 62.2 cm³/mol. The molecule has 2 unspecified atom stereocenters. The van der Waals surface area contributed by atoms with E-state index in [1.165, 1.54) is 0 Å². The van der Waals surface area contributed by atoms with Crippen LogP contribution in [0.2, 0.25) is 0 Å². The molecular formula is C12H18N2O4. The molecule has 0 spiro atoms. The van der Waals surface area contributed by atoms with Crippen molar-refractivity contribution in [2.45, 2.75) is 38.5 Å². The standard InChI is InChI=1S/C12H18N2O4/c1-2-17-6-5-10-13-11(18-14-10)8-3-4-9(7-8)12(15)16/h8-9H,2-7H2,1H3,(H,15,16). The van der Waals surface area contributed by atoms with E-state index in [1.54, 1.807) is 0 Å². The summed E-state index contributed by atoms with van der Waals surface area (Å²) in [5.41, 5.74) is 0. The molecule has 18 heavy (non-hydrogen) atoms. The van der Waals surface area contributed by atoms with Crippen molar-refractivity contribution >= 4 is 5.97 Å². The molecule has 2 rings (SSSR count). The summed E-state index contributed by atoms with van der Waals surface area (Å²) in [5.74, 6) is 0.310. The third kappa shape index (κ3) is 3.07. The Balaban J connectivity index is 1.88. The zero-order valence-corrected chi connectivity index (χ0v) is 10.5. The molecule has 1 aliphatic carbocycles. The van der Waals surface area contributed by atoms with Gasteiger partial charge in [-0.3, -0.25) is 4.79 Å². The fraction of sp³-hybridized carbons (Fsp3) is 0.750. The maximum absolute atomic E-state index is 10.9. The molecule has 1 aromatic rings. The summed E-state index contributed by atoms with van der Waals surface area (Å²) in [5, 5.41) is 12.8. The molecule has 1 aliphatic rings. The minimum Gasteiger partial charge on any atom is -0.481 e. The SMILES string of the molecule is CCOCCc1noc(C2CCC(C(=O)O)C2)n1. The van der Waals surface area contributed by atoms with E-state index in [4.69, 9.17) is 14.4 Å². The Morgan fingerprint density at radius 3 is 3.06 bits per heavy atom. The van der Waals surface area contributed by atoms with Crippen LogP contribution in [0.3, 0.4) is 0 Å². The van der Waals surface area contributed by atoms with Crippen molar-refractivity contribution < 1.29 is 19.2 Å². The lowest BCUT2D eigenvalue weighted by Gasteiger charge is -2.02. The molecule has 1 saturated carbocycles. The number of rotatable bonds is 6. The van der Waals surface area contributed by atoms with E-state index in [0.717, 1.165) is 6.42 Å². The van der Waals surface area contributed by atoms with E-state index in [2.05, 4.69) is 10.1 Å². The molecule has 2 atom stereocenters. The van der Waals surface area contributed by atoms with Crippen LogP contribution in [0.25, 0.3) is 0 Å². The van der Waals surface area contributed by atoms with Crippen molar-refractivity contribution in [1.29, 1.82) is 0 Å². The first-order valence-corrected chi connectivity index (χ1v) is 6.33. The second kappa shape index (κ2) is 5.95. The molecular weight excluding hydrogens is 236 g/mol. The number of carboxylic acid groups (broad SMARTS) is 1. The van der Waals surface area contributed by atoms with Crippen LogP contribution in [-0.2, 0) is 16.0 Å². The zero-order valence-electron chi connectivity index (χ0n) is 10.5. The monoisotopic (exact) mass is 254 g/mol. The van der Waals surface area contributed by atoms with Crippen LogP contribution in [0.5, 0.6) is 0 Å². The maximum atomic E-state index is 10.9. The van der Waals surface area contributed by atoms with E-state index in [-0.39, 0.29) is 11.8 Å². The van der Waals surface area contributed by atoms with Crippen LogP contribution >= 0.6 is 0 Å². The van der Waals surface area contributed by atoms with Crippen molar-refractivity contribution in [2.75, 3.05) is 13.2 Å². The van der Waals surface area contributed by atoms with Gasteiger partial charge < -0.3 is 14.4 Å². The molecule has 0 amide bonds. The van der Waals surface area contributed by atoms with Gasteiger partial charge in [0.1, 0.15) is 0 Å². The van der Waals surface area contributed by atoms with Gasteiger partial charge in [0.15, 0.2) is 5.82 Å². The Labute approximate surface area is 105 Å². The summed E-state index contributed by atoms with van der Waals surface area (Å²) in [6.07, 6.45) is 2.73. The Morgan fingerprint density at radius 2 is 2.39 bits per heavy atom. The molecule has 1 aromatic heterocycles. The molecule has 100 valence electrons. The Bertz CT molecular complexity index is 405. The predicted octanol–water partition coefficient (Wildman–Crippen LogP) is 1.62. The van der Waals surface area contributed by atoms with E-state index in [1.807, 2.05) is 6.92 Å². The van der Waals surface area contributed by atoms with Crippen LogP contribution in [0.4, 0.5) is 0 Å². The lowest BCUT2D eigenvalue weighted by Crippen LogP contribution is -2.09. The van der Waals surface area contributed by atoms with Crippen molar-refractivity contribution in [3.8, 4) is 0 Å². The first kappa shape index (κ1) is 13.0. The molecule has 6 heteroatoms. The van der Waals surface area contributed by atoms with Gasteiger partial charge in [0, 0.05) is 18.9 Å². The van der Waals surface area contributed by atoms with Gasteiger partial charge in [0.05, 0.1) is 12.5 Å². The van der Waals surface area contributed by atoms with E-state index >= 15 is 0 Å². The highest BCUT2D eigenvalue weighted by atomic mass is 16.5. The van der Waals surface area contributed by atoms with Crippen LogP contribution in [-0.4, -0.2) is 34.4 Å². The third-order valence-electron chi connectivity index (χ3n) is 3.29. The number of carboxylic acids is 1. The van der Waals surface area contributed by atoms with Crippen LogP contribution in [0.15, 0.2) is 4.52 Å². The number of ether oxygens (including phenoxy) is 1. The van der Waals surface area contributed by atoms with Crippen molar-refractivity contribution in [3.05, 3.63) is 11.7 Å². The lowest BCUT2D eigenvalue weighted by atomic mass is 10.1. The summed E-state index contributed by atoms with van der Waals surface area (Å²) in [4.78, 5) is 15.2. The number of carbonyl (C=O) groups is 1. The summed E-state index contributed by atoms with van der Waals surface area (Å²) in [6, 6.07) is 0. The number of hydrogen-bond donors (Lipinski definition) is 1. The molecule has 0 aromatic carbocycles. The van der Waals surface area contributed by atoms with Crippen LogP contribution in [0.1, 0.15) is 43.8 Å². The molecule has 6 nitrogen and oxygen atoms in total. The lowest BCUT2D eigenvalue weighted by molar-refractivity contribution is -0.141. The smallest absolute Gasteiger partial charge is 0.306 e. The first-order valence-electron chi connectivity index (χ1n) is 6.33. The Morgan fingerprint density at radius 1 is 1.56 bits per heavy atom. The number of aliphatic carboxylic acids is 1. The summed E-state index contributed by atoms with van der Waals surface area (Å²) < 4.78 is 10.4. The van der Waals surface area contributed by atoms with E-state index in [9.17, 15) is 4.79 Å². The molecule has 0 radical (unpaired) electrons. The van der Waals surface area contributed by atoms with Gasteiger partial charge in [0.2, 0.25) is 5.89 Å². The van der Waals surface area contributed by atoms with E-state index in [0.29, 0.717) is 44.2 Å². The largest absolute Gasteiger partial charge is 0.481 e. The Hall–Kier alpha value is -1.43. The van der Waals surface area contributed by atoms with Gasteiger partial charge in [0.25, 0.3) is 0 Å². The summed E-state index contributed by atoms with van der Waals surface area (Å²) in [7, 11) is 0. The van der Waals surface area contributed by atoms with Gasteiger partial charge >= 0.3 is 5.97 Å². The van der Waals surface area contributed by atoms with Crippen molar-refractivity contribution in [1.82, 2.24) is 10.1 Å². The molecule has 1 N–H and O–H groups in total. The number of hydrogen-bond acceptors (Lipinski definition) is 5. The van der Waals surface area contributed by atoms with E-state index < -0.39 is 5.97 Å². The van der Waals surface area contributed by atoms with Gasteiger partial charge in [-0.05, 0) is 26.2 Å². The average Bonchev–Trinajstić information content (AvgIpc) is 2.97. The van der Waals surface area contributed by atoms with Crippen molar-refractivity contribution in [3.63, 3.8) is 0 Å². The fourth-order valence-corrected chi connectivity index (χ4v) is 2.27. The molecule has 0 saturated heterocycles. The molecule has 1 fully saturated rings. The Kier molecular flexibility index (Phi) is 4.30. The zero-order chi connectivity index (χ0) is 13.0. The molecule has 0 bridgehead atoms. The van der Waals surface area contributed by atoms with Gasteiger partial charge in [-0.2, -0.15) is 4.98 Å². The highest BCUT2D eigenvalue weighted by molar-refractivity contribution is 5.70. The van der Waals surface area contributed by atoms with Crippen LogP contribution in [0, 0.1) is 5.92 Å². The fourth-order valence-electron chi connectivity index (χ4n) is 2.27. The highest BCUT2D eigenvalue weighted by Crippen LogP contribution is 2.37. The van der Waals surface area contributed by atoms with Crippen LogP contribution < -0.4 is 0 Å². The maximum Gasteiger partial charge on any atom is 0.306 e. The number of aromatic nitrogens is 2. The van der Waals surface area contributed by atoms with Gasteiger partial charge in [-0.15, -0.1) is 0 Å². The molecule has 1 heterocycles. The van der Waals surface area contributed by atoms with Crippen molar-refractivity contribution in [2.24, 2.45) is 5.92 Å². The normalized spacial score (nSPS) is 23.4. The quantitative estimate of drug-likeness (QED) is 0.776. The third-order valence-corrected chi connectivity index (χ3v) is 3.29. The first-order chi connectivity index (χ1) is 8.70. The summed E-state index contributed by atoms with van der Waals surface area (Å²) >= 11 is 0. The molecule has 0 aliphatic heterocycles. The number of nitrogens with zero attached hydrogens (tertiary/aromatic N) is 2. The average molecular weight is 254 g/mol.